The van der Waals surface area contributed by atoms with E-state index in [0.29, 0.717) is 45.6 Å². The molecule has 2 fully saturated rings. The van der Waals surface area contributed by atoms with Crippen molar-refractivity contribution in [3.8, 4) is 5.75 Å². The first-order valence-electron chi connectivity index (χ1n) is 13.6. The van der Waals surface area contributed by atoms with E-state index in [1.165, 1.54) is 0 Å². The molecule has 9 heteroatoms. The number of hydrogen-bond donors (Lipinski definition) is 2. The molecule has 2 aliphatic rings. The molecule has 0 radical (unpaired) electrons. The number of carbonyl (C=O) groups excluding carboxylic acids is 3. The molecule has 0 aliphatic carbocycles. The predicted molar refractivity (Wildman–Crippen MR) is 154 cm³/mol. The number of amides is 4. The van der Waals surface area contributed by atoms with Gasteiger partial charge in [0.25, 0.3) is 5.91 Å². The van der Waals surface area contributed by atoms with E-state index < -0.39 is 5.54 Å². The quantitative estimate of drug-likeness (QED) is 0.453. The van der Waals surface area contributed by atoms with E-state index in [9.17, 15) is 14.4 Å². The van der Waals surface area contributed by atoms with Gasteiger partial charge in [0.05, 0.1) is 13.8 Å². The Balaban J connectivity index is 1.23. The van der Waals surface area contributed by atoms with Crippen LogP contribution in [0.2, 0.25) is 0 Å². The molecule has 2 saturated heterocycles. The number of hydrogen-bond acceptors (Lipinski definition) is 5. The van der Waals surface area contributed by atoms with Gasteiger partial charge in [0.15, 0.2) is 0 Å². The molecule has 5 rings (SSSR count). The number of benzene rings is 3. The minimum atomic E-state index is -0.803. The standard InChI is InChI=1S/C31H35N5O4/c1-40-27-15-9-8-10-24(27)16-19-32-28(37)22-35-23-36(26-13-6-3-7-14-26)31(29(35)38)17-20-34(21-18-31)30(39)33-25-11-4-2-5-12-25/h2-15H,16-23H2,1H3,(H,32,37)(H,33,39). The molecule has 3 aromatic rings. The second-order valence-corrected chi connectivity index (χ2v) is 10.1. The number of methoxy groups -OCH3 is 1. The van der Waals surface area contributed by atoms with E-state index in [1.54, 1.807) is 16.9 Å². The molecule has 2 heterocycles. The fraction of sp³-hybridized carbons (Fsp3) is 0.323. The highest BCUT2D eigenvalue weighted by molar-refractivity contribution is 5.97. The lowest BCUT2D eigenvalue weighted by atomic mass is 9.85. The van der Waals surface area contributed by atoms with Crippen LogP contribution in [0.1, 0.15) is 18.4 Å². The predicted octanol–water partition coefficient (Wildman–Crippen LogP) is 3.73. The number of piperidine rings is 1. The smallest absolute Gasteiger partial charge is 0.321 e. The zero-order valence-corrected chi connectivity index (χ0v) is 22.7. The highest BCUT2D eigenvalue weighted by Gasteiger charge is 2.54. The molecule has 3 aromatic carbocycles. The average molecular weight is 542 g/mol. The lowest BCUT2D eigenvalue weighted by molar-refractivity contribution is -0.137. The van der Waals surface area contributed by atoms with Gasteiger partial charge in [-0.15, -0.1) is 0 Å². The van der Waals surface area contributed by atoms with Crippen LogP contribution in [-0.4, -0.2) is 73.1 Å². The fourth-order valence-electron chi connectivity index (χ4n) is 5.60. The first kappa shape index (κ1) is 27.1. The van der Waals surface area contributed by atoms with Crippen molar-refractivity contribution in [1.82, 2.24) is 15.1 Å². The molecule has 0 unspecified atom stereocenters. The second kappa shape index (κ2) is 12.1. The van der Waals surface area contributed by atoms with Crippen LogP contribution in [0.4, 0.5) is 16.2 Å². The molecule has 0 bridgehead atoms. The Morgan fingerprint density at radius 3 is 2.25 bits per heavy atom. The van der Waals surface area contributed by atoms with Gasteiger partial charge >= 0.3 is 6.03 Å². The normalized spacial score (nSPS) is 16.2. The molecule has 0 atom stereocenters. The van der Waals surface area contributed by atoms with Crippen molar-refractivity contribution in [2.45, 2.75) is 24.8 Å². The third-order valence-corrected chi connectivity index (χ3v) is 7.73. The number of likely N-dealkylation sites (tertiary alicyclic amines) is 1. The fourth-order valence-corrected chi connectivity index (χ4v) is 5.60. The van der Waals surface area contributed by atoms with Gasteiger partial charge < -0.3 is 30.1 Å². The number of ether oxygens (including phenoxy) is 1. The number of urea groups is 1. The maximum absolute atomic E-state index is 13.9. The molecule has 40 heavy (non-hydrogen) atoms. The molecule has 1 spiro atoms. The lowest BCUT2D eigenvalue weighted by Gasteiger charge is -2.43. The zero-order chi connectivity index (χ0) is 28.0. The molecule has 208 valence electrons. The first-order chi connectivity index (χ1) is 19.5. The Kier molecular flexibility index (Phi) is 8.19. The Bertz CT molecular complexity index is 1330. The number of nitrogens with zero attached hydrogens (tertiary/aromatic N) is 3. The number of para-hydroxylation sites is 3. The van der Waals surface area contributed by atoms with Crippen molar-refractivity contribution in [2.75, 3.05) is 50.2 Å². The number of rotatable bonds is 8. The summed E-state index contributed by atoms with van der Waals surface area (Å²) >= 11 is 0. The van der Waals surface area contributed by atoms with Gasteiger partial charge in [-0.05, 0) is 55.2 Å². The van der Waals surface area contributed by atoms with Crippen LogP contribution in [-0.2, 0) is 16.0 Å². The summed E-state index contributed by atoms with van der Waals surface area (Å²) in [5, 5.41) is 5.89. The van der Waals surface area contributed by atoms with Crippen molar-refractivity contribution in [3.05, 3.63) is 90.5 Å². The third-order valence-electron chi connectivity index (χ3n) is 7.73. The highest BCUT2D eigenvalue weighted by Crippen LogP contribution is 2.39. The monoisotopic (exact) mass is 541 g/mol. The SMILES string of the molecule is COc1ccccc1CCNC(=O)CN1CN(c2ccccc2)C2(CCN(C(=O)Nc3ccccc3)CC2)C1=O. The number of nitrogens with one attached hydrogen (secondary N) is 2. The number of carbonyl (C=O) groups is 3. The summed E-state index contributed by atoms with van der Waals surface area (Å²) in [6, 6.07) is 26.7. The van der Waals surface area contributed by atoms with Crippen LogP contribution in [0.15, 0.2) is 84.9 Å². The van der Waals surface area contributed by atoms with Crippen LogP contribution >= 0.6 is 0 Å². The van der Waals surface area contributed by atoms with Crippen LogP contribution in [0.5, 0.6) is 5.75 Å². The minimum Gasteiger partial charge on any atom is -0.496 e. The van der Waals surface area contributed by atoms with Crippen LogP contribution in [0.25, 0.3) is 0 Å². The molecule has 2 aliphatic heterocycles. The summed E-state index contributed by atoms with van der Waals surface area (Å²) < 4.78 is 5.39. The van der Waals surface area contributed by atoms with E-state index >= 15 is 0 Å². The van der Waals surface area contributed by atoms with E-state index in [-0.39, 0.29) is 24.4 Å². The Morgan fingerprint density at radius 1 is 0.900 bits per heavy atom. The zero-order valence-electron chi connectivity index (χ0n) is 22.7. The maximum Gasteiger partial charge on any atom is 0.321 e. The van der Waals surface area contributed by atoms with Gasteiger partial charge in [-0.2, -0.15) is 0 Å². The van der Waals surface area contributed by atoms with E-state index in [0.717, 1.165) is 22.7 Å². The van der Waals surface area contributed by atoms with Gasteiger partial charge in [0.1, 0.15) is 17.8 Å². The van der Waals surface area contributed by atoms with E-state index in [1.807, 2.05) is 84.9 Å². The molecular formula is C31H35N5O4. The number of anilines is 2. The van der Waals surface area contributed by atoms with Gasteiger partial charge in [-0.1, -0.05) is 54.6 Å². The van der Waals surface area contributed by atoms with Crippen molar-refractivity contribution in [1.29, 1.82) is 0 Å². The molecule has 2 N–H and O–H groups in total. The minimum absolute atomic E-state index is 0.0198. The van der Waals surface area contributed by atoms with Crippen molar-refractivity contribution in [2.24, 2.45) is 0 Å². The van der Waals surface area contributed by atoms with Crippen LogP contribution in [0.3, 0.4) is 0 Å². The van der Waals surface area contributed by atoms with E-state index in [2.05, 4.69) is 15.5 Å². The van der Waals surface area contributed by atoms with Crippen LogP contribution < -0.4 is 20.3 Å². The molecular weight excluding hydrogens is 506 g/mol. The first-order valence-corrected chi connectivity index (χ1v) is 13.6. The Labute approximate surface area is 234 Å². The summed E-state index contributed by atoms with van der Waals surface area (Å²) in [6.45, 7) is 1.62. The second-order valence-electron chi connectivity index (χ2n) is 10.1. The molecule has 4 amide bonds. The van der Waals surface area contributed by atoms with Gasteiger partial charge in [-0.25, -0.2) is 4.79 Å². The van der Waals surface area contributed by atoms with Crippen molar-refractivity contribution >= 4 is 29.2 Å². The van der Waals surface area contributed by atoms with Gasteiger partial charge in [-0.3, -0.25) is 9.59 Å². The summed E-state index contributed by atoms with van der Waals surface area (Å²) in [7, 11) is 1.63. The Hall–Kier alpha value is -4.53. The van der Waals surface area contributed by atoms with Crippen molar-refractivity contribution in [3.63, 3.8) is 0 Å². The third kappa shape index (κ3) is 5.73. The summed E-state index contributed by atoms with van der Waals surface area (Å²) in [4.78, 5) is 45.2. The highest BCUT2D eigenvalue weighted by atomic mass is 16.5. The van der Waals surface area contributed by atoms with Crippen LogP contribution in [0, 0.1) is 0 Å². The topological polar surface area (TPSA) is 94.2 Å². The van der Waals surface area contributed by atoms with E-state index in [4.69, 9.17) is 4.74 Å². The van der Waals surface area contributed by atoms with Gasteiger partial charge in [0.2, 0.25) is 5.91 Å². The Morgan fingerprint density at radius 2 is 1.55 bits per heavy atom. The summed E-state index contributed by atoms with van der Waals surface area (Å²) in [6.07, 6.45) is 1.59. The average Bonchev–Trinajstić information content (AvgIpc) is 3.24. The largest absolute Gasteiger partial charge is 0.496 e. The molecule has 9 nitrogen and oxygen atoms in total. The van der Waals surface area contributed by atoms with Gasteiger partial charge in [0, 0.05) is 31.0 Å². The summed E-state index contributed by atoms with van der Waals surface area (Å²) in [5.74, 6) is 0.517. The molecule has 0 aromatic heterocycles. The molecule has 0 saturated carbocycles. The summed E-state index contributed by atoms with van der Waals surface area (Å²) in [5.41, 5.74) is 1.87. The lowest BCUT2D eigenvalue weighted by Crippen LogP contribution is -2.58. The maximum atomic E-state index is 13.9. The van der Waals surface area contributed by atoms with Crippen molar-refractivity contribution < 1.29 is 19.1 Å².